The summed E-state index contributed by atoms with van der Waals surface area (Å²) in [5.74, 6) is -1.20. The van der Waals surface area contributed by atoms with Gasteiger partial charge in [-0.05, 0) is 17.4 Å². The smallest absolute Gasteiger partial charge is 0.180 e. The maximum atomic E-state index is 10.5. The fraction of sp³-hybridized carbons (Fsp3) is 0.100. The lowest BCUT2D eigenvalue weighted by Crippen LogP contribution is -2.21. The van der Waals surface area contributed by atoms with E-state index in [0.29, 0.717) is 5.17 Å². The Bertz CT molecular complexity index is 426. The van der Waals surface area contributed by atoms with E-state index < -0.39 is 5.97 Å². The summed E-state index contributed by atoms with van der Waals surface area (Å²) >= 11 is 1.29. The number of aromatic carboxylic acids is 1. The van der Waals surface area contributed by atoms with Gasteiger partial charge < -0.3 is 15.6 Å². The molecule has 0 saturated carbocycles. The molecule has 0 unspecified atom stereocenters. The summed E-state index contributed by atoms with van der Waals surface area (Å²) in [6.45, 7) is 0. The Morgan fingerprint density at radius 1 is 1.44 bits per heavy atom. The van der Waals surface area contributed by atoms with E-state index >= 15 is 0 Å². The van der Waals surface area contributed by atoms with Gasteiger partial charge >= 0.3 is 0 Å². The minimum atomic E-state index is -1.20. The van der Waals surface area contributed by atoms with Crippen molar-refractivity contribution in [3.8, 4) is 0 Å². The van der Waals surface area contributed by atoms with Crippen molar-refractivity contribution in [2.24, 2.45) is 15.9 Å². The van der Waals surface area contributed by atoms with Crippen molar-refractivity contribution >= 4 is 29.1 Å². The quantitative estimate of drug-likeness (QED) is 0.456. The molecule has 0 bridgehead atoms. The number of carboxylic acid groups (broad SMARTS) is 1. The third-order valence-electron chi connectivity index (χ3n) is 1.72. The highest BCUT2D eigenvalue weighted by atomic mass is 32.2. The van der Waals surface area contributed by atoms with Gasteiger partial charge in [-0.1, -0.05) is 36.0 Å². The molecule has 0 aromatic heterocycles. The molecule has 0 aliphatic heterocycles. The first-order valence-corrected chi connectivity index (χ1v) is 5.58. The van der Waals surface area contributed by atoms with E-state index in [2.05, 4.69) is 10.2 Å². The fourth-order valence-corrected chi connectivity index (χ4v) is 1.03. The number of amidine groups is 1. The van der Waals surface area contributed by atoms with Gasteiger partial charge in [-0.2, -0.15) is 5.10 Å². The van der Waals surface area contributed by atoms with Crippen LogP contribution in [0.2, 0.25) is 0 Å². The average Bonchev–Trinajstić information content (AvgIpc) is 2.29. The molecular weight excluding hydrogens is 226 g/mol. The van der Waals surface area contributed by atoms with Crippen LogP contribution in [-0.2, 0) is 0 Å². The fourth-order valence-electron chi connectivity index (χ4n) is 0.899. The monoisotopic (exact) mass is 236 g/mol. The molecule has 84 valence electrons. The van der Waals surface area contributed by atoms with Crippen LogP contribution < -0.4 is 10.8 Å². The normalized spacial score (nSPS) is 11.9. The molecule has 0 saturated heterocycles. The summed E-state index contributed by atoms with van der Waals surface area (Å²) in [5, 5.41) is 18.3. The predicted octanol–water partition coefficient (Wildman–Crippen LogP) is 0.0617. The second kappa shape index (κ2) is 5.92. The molecule has 0 aliphatic rings. The first-order valence-electron chi connectivity index (χ1n) is 4.35. The second-order valence-corrected chi connectivity index (χ2v) is 3.62. The van der Waals surface area contributed by atoms with Crippen molar-refractivity contribution in [1.82, 2.24) is 0 Å². The topological polar surface area (TPSA) is 90.9 Å². The molecule has 0 radical (unpaired) electrons. The van der Waals surface area contributed by atoms with Crippen LogP contribution in [0.4, 0.5) is 0 Å². The van der Waals surface area contributed by atoms with Crippen molar-refractivity contribution in [3.63, 3.8) is 0 Å². The van der Waals surface area contributed by atoms with Crippen LogP contribution in [0, 0.1) is 0 Å². The van der Waals surface area contributed by atoms with Crippen LogP contribution in [0.15, 0.2) is 34.5 Å². The molecule has 0 aliphatic carbocycles. The lowest BCUT2D eigenvalue weighted by atomic mass is 10.1. The maximum Gasteiger partial charge on any atom is 0.180 e. The van der Waals surface area contributed by atoms with E-state index in [-0.39, 0.29) is 5.56 Å². The number of benzene rings is 1. The zero-order chi connectivity index (χ0) is 12.0. The molecule has 2 N–H and O–H groups in total. The zero-order valence-electron chi connectivity index (χ0n) is 8.58. The van der Waals surface area contributed by atoms with E-state index in [9.17, 15) is 9.90 Å². The van der Waals surface area contributed by atoms with Crippen LogP contribution in [0.25, 0.3) is 0 Å². The molecule has 0 spiro atoms. The lowest BCUT2D eigenvalue weighted by Gasteiger charge is -2.00. The Labute approximate surface area is 97.1 Å². The maximum absolute atomic E-state index is 10.5. The van der Waals surface area contributed by atoms with E-state index in [1.54, 1.807) is 18.4 Å². The minimum Gasteiger partial charge on any atom is -0.545 e. The number of carbonyl (C=O) groups is 1. The third-order valence-corrected chi connectivity index (χ3v) is 2.22. The van der Waals surface area contributed by atoms with Crippen molar-refractivity contribution in [1.29, 1.82) is 0 Å². The van der Waals surface area contributed by atoms with Crippen LogP contribution in [0.3, 0.4) is 0 Å². The summed E-state index contributed by atoms with van der Waals surface area (Å²) in [5.41, 5.74) is 6.28. The summed E-state index contributed by atoms with van der Waals surface area (Å²) in [6.07, 6.45) is 3.28. The number of hydrogen-bond acceptors (Lipinski definition) is 5. The van der Waals surface area contributed by atoms with E-state index in [0.717, 1.165) is 5.56 Å². The third kappa shape index (κ3) is 3.74. The number of carbonyl (C=O) groups excluding carboxylic acids is 1. The van der Waals surface area contributed by atoms with Gasteiger partial charge in [0, 0.05) is 0 Å². The number of rotatable bonds is 3. The van der Waals surface area contributed by atoms with Crippen molar-refractivity contribution in [3.05, 3.63) is 35.4 Å². The summed E-state index contributed by atoms with van der Waals surface area (Å²) in [7, 11) is 0. The van der Waals surface area contributed by atoms with Gasteiger partial charge in [0.05, 0.1) is 12.2 Å². The molecule has 0 heterocycles. The number of hydrogen-bond donors (Lipinski definition) is 1. The van der Waals surface area contributed by atoms with Gasteiger partial charge in [-0.25, -0.2) is 0 Å². The predicted molar refractivity (Wildman–Crippen MR) is 63.5 cm³/mol. The van der Waals surface area contributed by atoms with E-state index in [4.69, 9.17) is 5.73 Å². The Balaban J connectivity index is 2.72. The van der Waals surface area contributed by atoms with Crippen molar-refractivity contribution in [2.75, 3.05) is 6.26 Å². The molecule has 16 heavy (non-hydrogen) atoms. The first-order chi connectivity index (χ1) is 7.63. The van der Waals surface area contributed by atoms with Gasteiger partial charge in [-0.15, -0.1) is 5.10 Å². The van der Waals surface area contributed by atoms with Crippen molar-refractivity contribution in [2.45, 2.75) is 0 Å². The molecule has 1 rings (SSSR count). The molecule has 0 atom stereocenters. The van der Waals surface area contributed by atoms with Gasteiger partial charge in [0.1, 0.15) is 0 Å². The molecular formula is C10H10N3O2S-. The molecule has 1 aromatic rings. The Morgan fingerprint density at radius 2 is 2.06 bits per heavy atom. The highest BCUT2D eigenvalue weighted by molar-refractivity contribution is 8.13. The first kappa shape index (κ1) is 12.3. The largest absolute Gasteiger partial charge is 0.545 e. The van der Waals surface area contributed by atoms with Gasteiger partial charge in [0.2, 0.25) is 0 Å². The second-order valence-electron chi connectivity index (χ2n) is 2.80. The number of nitrogens with zero attached hydrogens (tertiary/aromatic N) is 2. The van der Waals surface area contributed by atoms with E-state index in [1.165, 1.54) is 30.1 Å². The molecule has 5 nitrogen and oxygen atoms in total. The highest BCUT2D eigenvalue weighted by Gasteiger charge is 1.92. The molecule has 6 heteroatoms. The van der Waals surface area contributed by atoms with Crippen molar-refractivity contribution < 1.29 is 9.90 Å². The Hall–Kier alpha value is -1.82. The minimum absolute atomic E-state index is 0.129. The standard InChI is InChI=1S/C10H11N3O2S/c1-16-10(11)13-12-6-7-2-4-8(5-3-7)9(14)15/h2-6H,1H3,(H2,11,13)(H,14,15)/p-1/b12-6-. The number of nitrogens with two attached hydrogens (primary N) is 1. The Morgan fingerprint density at radius 3 is 2.56 bits per heavy atom. The number of carboxylic acids is 1. The van der Waals surface area contributed by atoms with E-state index in [1.807, 2.05) is 0 Å². The highest BCUT2D eigenvalue weighted by Crippen LogP contribution is 2.01. The van der Waals surface area contributed by atoms with Crippen LogP contribution in [0.5, 0.6) is 0 Å². The Kier molecular flexibility index (Phi) is 4.53. The van der Waals surface area contributed by atoms with Crippen LogP contribution in [-0.4, -0.2) is 23.6 Å². The molecule has 0 amide bonds. The van der Waals surface area contributed by atoms with Crippen LogP contribution in [0.1, 0.15) is 15.9 Å². The van der Waals surface area contributed by atoms with Gasteiger partial charge in [0.25, 0.3) is 0 Å². The SMILES string of the molecule is CSC(N)=N/N=C\c1ccc(C(=O)[O-])cc1. The molecule has 0 fully saturated rings. The number of thioether (sulfide) groups is 1. The molecule has 1 aromatic carbocycles. The zero-order valence-corrected chi connectivity index (χ0v) is 9.40. The summed E-state index contributed by atoms with van der Waals surface area (Å²) < 4.78 is 0. The lowest BCUT2D eigenvalue weighted by molar-refractivity contribution is -0.255. The van der Waals surface area contributed by atoms with Crippen LogP contribution >= 0.6 is 11.8 Å². The average molecular weight is 236 g/mol. The van der Waals surface area contributed by atoms with Gasteiger partial charge in [0.15, 0.2) is 5.17 Å². The summed E-state index contributed by atoms with van der Waals surface area (Å²) in [4.78, 5) is 10.5. The van der Waals surface area contributed by atoms with Gasteiger partial charge in [-0.3, -0.25) is 0 Å². The summed E-state index contributed by atoms with van der Waals surface area (Å²) in [6, 6.07) is 6.11.